The third kappa shape index (κ3) is 1.64. The van der Waals surface area contributed by atoms with E-state index in [1.807, 2.05) is 17.6 Å². The van der Waals surface area contributed by atoms with Crippen LogP contribution in [0.2, 0.25) is 0 Å². The van der Waals surface area contributed by atoms with Gasteiger partial charge in [-0.2, -0.15) is 0 Å². The summed E-state index contributed by atoms with van der Waals surface area (Å²) in [7, 11) is 0. The summed E-state index contributed by atoms with van der Waals surface area (Å²) in [6.45, 7) is 3.89. The standard InChI is InChI=1S/C16H18N2OS/c1-2-4-13-12-7-10-20-16(12)17-8-3-5-14(17)15-6-9-19-11-18(13)15/h3,5-7,9-10,13H,2,4,8,11H2,1H3. The van der Waals surface area contributed by atoms with Crippen molar-refractivity contribution >= 4 is 16.3 Å². The average Bonchev–Trinajstić information content (AvgIpc) is 3.11. The van der Waals surface area contributed by atoms with Crippen LogP contribution in [0, 0.1) is 0 Å². The van der Waals surface area contributed by atoms with Crippen LogP contribution >= 0.6 is 11.3 Å². The lowest BCUT2D eigenvalue weighted by atomic mass is 10.0. The second kappa shape index (κ2) is 4.70. The van der Waals surface area contributed by atoms with Crippen LogP contribution < -0.4 is 4.90 Å². The van der Waals surface area contributed by atoms with Crippen LogP contribution in [0.1, 0.15) is 31.4 Å². The van der Waals surface area contributed by atoms with Crippen LogP contribution in [-0.4, -0.2) is 18.2 Å². The van der Waals surface area contributed by atoms with E-state index in [1.165, 1.54) is 28.4 Å². The van der Waals surface area contributed by atoms with Gasteiger partial charge in [-0.25, -0.2) is 0 Å². The Kier molecular flexibility index (Phi) is 2.84. The molecule has 3 nitrogen and oxygen atoms in total. The van der Waals surface area contributed by atoms with Crippen molar-refractivity contribution in [2.75, 3.05) is 18.2 Å². The van der Waals surface area contributed by atoms with Gasteiger partial charge in [0, 0.05) is 12.1 Å². The highest BCUT2D eigenvalue weighted by atomic mass is 32.1. The highest BCUT2D eigenvalue weighted by molar-refractivity contribution is 7.14. The molecule has 0 radical (unpaired) electrons. The van der Waals surface area contributed by atoms with E-state index in [2.05, 4.69) is 46.4 Å². The van der Waals surface area contributed by atoms with Gasteiger partial charge in [0.2, 0.25) is 0 Å². The summed E-state index contributed by atoms with van der Waals surface area (Å²) >= 11 is 1.85. The molecule has 1 aromatic heterocycles. The Morgan fingerprint density at radius 2 is 2.30 bits per heavy atom. The van der Waals surface area contributed by atoms with Gasteiger partial charge < -0.3 is 14.5 Å². The first-order valence-corrected chi connectivity index (χ1v) is 8.08. The normalized spacial score (nSPS) is 23.4. The van der Waals surface area contributed by atoms with Crippen LogP contribution in [0.25, 0.3) is 0 Å². The van der Waals surface area contributed by atoms with Crippen molar-refractivity contribution in [2.24, 2.45) is 0 Å². The molecule has 3 aliphatic heterocycles. The van der Waals surface area contributed by atoms with E-state index in [0.717, 1.165) is 13.0 Å². The van der Waals surface area contributed by atoms with Gasteiger partial charge in [-0.05, 0) is 30.0 Å². The van der Waals surface area contributed by atoms with Crippen LogP contribution in [0.15, 0.2) is 47.3 Å². The van der Waals surface area contributed by atoms with E-state index in [-0.39, 0.29) is 0 Å². The zero-order valence-electron chi connectivity index (χ0n) is 11.6. The van der Waals surface area contributed by atoms with Crippen LogP contribution in [-0.2, 0) is 4.74 Å². The first kappa shape index (κ1) is 12.1. The molecule has 4 heterocycles. The Bertz CT molecular complexity index is 614. The molecule has 0 bridgehead atoms. The molecule has 104 valence electrons. The van der Waals surface area contributed by atoms with E-state index in [9.17, 15) is 0 Å². The molecule has 0 aromatic carbocycles. The summed E-state index contributed by atoms with van der Waals surface area (Å²) < 4.78 is 5.58. The van der Waals surface area contributed by atoms with Gasteiger partial charge in [0.25, 0.3) is 0 Å². The Labute approximate surface area is 123 Å². The topological polar surface area (TPSA) is 15.7 Å². The van der Waals surface area contributed by atoms with Crippen LogP contribution in [0.4, 0.5) is 5.00 Å². The average molecular weight is 286 g/mol. The molecule has 0 saturated heterocycles. The molecule has 1 aromatic rings. The molecular formula is C16H18N2OS. The Morgan fingerprint density at radius 3 is 3.20 bits per heavy atom. The fourth-order valence-electron chi connectivity index (χ4n) is 3.30. The molecular weight excluding hydrogens is 268 g/mol. The van der Waals surface area contributed by atoms with Crippen molar-refractivity contribution in [3.63, 3.8) is 0 Å². The van der Waals surface area contributed by atoms with Gasteiger partial charge in [0.1, 0.15) is 5.00 Å². The predicted molar refractivity (Wildman–Crippen MR) is 82.4 cm³/mol. The monoisotopic (exact) mass is 286 g/mol. The summed E-state index contributed by atoms with van der Waals surface area (Å²) in [5, 5.41) is 3.62. The second-order valence-corrected chi connectivity index (χ2v) is 6.23. The van der Waals surface area contributed by atoms with Gasteiger partial charge in [0.15, 0.2) is 6.73 Å². The lowest BCUT2D eigenvalue weighted by molar-refractivity contribution is 0.0715. The molecule has 0 amide bonds. The third-order valence-corrected chi connectivity index (χ3v) is 5.13. The molecule has 0 N–H and O–H groups in total. The van der Waals surface area contributed by atoms with Crippen molar-refractivity contribution in [3.8, 4) is 0 Å². The first-order chi connectivity index (χ1) is 9.90. The summed E-state index contributed by atoms with van der Waals surface area (Å²) in [6.07, 6.45) is 10.8. The maximum absolute atomic E-state index is 5.58. The number of rotatable bonds is 2. The van der Waals surface area contributed by atoms with Crippen LogP contribution in [0.5, 0.6) is 0 Å². The molecule has 20 heavy (non-hydrogen) atoms. The molecule has 0 spiro atoms. The smallest absolute Gasteiger partial charge is 0.161 e. The van der Waals surface area contributed by atoms with Gasteiger partial charge in [0.05, 0.1) is 23.7 Å². The predicted octanol–water partition coefficient (Wildman–Crippen LogP) is 3.99. The fourth-order valence-corrected chi connectivity index (χ4v) is 4.29. The number of ether oxygens (including phenoxy) is 1. The Balaban J connectivity index is 1.92. The summed E-state index contributed by atoms with van der Waals surface area (Å²) in [6, 6.07) is 2.71. The van der Waals surface area contributed by atoms with Gasteiger partial charge in [-0.15, -0.1) is 11.3 Å². The molecule has 4 rings (SSSR count). The van der Waals surface area contributed by atoms with Crippen molar-refractivity contribution in [1.29, 1.82) is 0 Å². The highest BCUT2D eigenvalue weighted by Gasteiger charge is 2.34. The van der Waals surface area contributed by atoms with Gasteiger partial charge in [-0.1, -0.05) is 19.4 Å². The summed E-state index contributed by atoms with van der Waals surface area (Å²) in [5.74, 6) is 0. The SMILES string of the molecule is CCCC1c2ccsc2N2CC=CC2=C2C=COCN21. The van der Waals surface area contributed by atoms with E-state index in [1.54, 1.807) is 0 Å². The zero-order valence-corrected chi connectivity index (χ0v) is 12.4. The minimum Gasteiger partial charge on any atom is -0.481 e. The van der Waals surface area contributed by atoms with E-state index in [4.69, 9.17) is 4.74 Å². The number of allylic oxidation sites excluding steroid dienone is 2. The van der Waals surface area contributed by atoms with E-state index < -0.39 is 0 Å². The third-order valence-electron chi connectivity index (χ3n) is 4.18. The minimum absolute atomic E-state index is 0.424. The molecule has 0 saturated carbocycles. The minimum atomic E-state index is 0.424. The van der Waals surface area contributed by atoms with Gasteiger partial charge >= 0.3 is 0 Å². The number of hydrogen-bond donors (Lipinski definition) is 0. The zero-order chi connectivity index (χ0) is 13.5. The Morgan fingerprint density at radius 1 is 1.35 bits per heavy atom. The number of hydrogen-bond acceptors (Lipinski definition) is 4. The maximum Gasteiger partial charge on any atom is 0.161 e. The van der Waals surface area contributed by atoms with Crippen LogP contribution in [0.3, 0.4) is 0 Å². The lowest BCUT2D eigenvalue weighted by Crippen LogP contribution is -2.31. The molecule has 0 fully saturated rings. The summed E-state index contributed by atoms with van der Waals surface area (Å²) in [5.41, 5.74) is 4.06. The summed E-state index contributed by atoms with van der Waals surface area (Å²) in [4.78, 5) is 4.85. The van der Waals surface area contributed by atoms with Gasteiger partial charge in [-0.3, -0.25) is 0 Å². The largest absolute Gasteiger partial charge is 0.481 e. The molecule has 1 atom stereocenters. The first-order valence-electron chi connectivity index (χ1n) is 7.20. The maximum atomic E-state index is 5.58. The molecule has 4 heteroatoms. The molecule has 3 aliphatic rings. The lowest BCUT2D eigenvalue weighted by Gasteiger charge is -2.34. The van der Waals surface area contributed by atoms with Crippen molar-refractivity contribution in [2.45, 2.75) is 25.8 Å². The van der Waals surface area contributed by atoms with E-state index >= 15 is 0 Å². The quantitative estimate of drug-likeness (QED) is 0.817. The van der Waals surface area contributed by atoms with Crippen molar-refractivity contribution < 1.29 is 4.74 Å². The highest BCUT2D eigenvalue weighted by Crippen LogP contribution is 2.46. The number of fused-ring (bicyclic) bond motifs is 4. The Hall–Kier alpha value is -1.68. The molecule has 1 unspecified atom stereocenters. The number of nitrogens with zero attached hydrogens (tertiary/aromatic N) is 2. The molecule has 0 aliphatic carbocycles. The number of anilines is 1. The van der Waals surface area contributed by atoms with Crippen molar-refractivity contribution in [1.82, 2.24) is 4.90 Å². The number of thiophene rings is 1. The second-order valence-electron chi connectivity index (χ2n) is 5.34. The fraction of sp³-hybridized carbons (Fsp3) is 0.375. The van der Waals surface area contributed by atoms with E-state index in [0.29, 0.717) is 12.8 Å². The van der Waals surface area contributed by atoms with Crippen molar-refractivity contribution in [3.05, 3.63) is 52.9 Å².